The van der Waals surface area contributed by atoms with Crippen LogP contribution in [0.15, 0.2) is 58.9 Å². The molecule has 0 aromatic carbocycles. The molecule has 0 saturated carbocycles. The van der Waals surface area contributed by atoms with Crippen LogP contribution in [-0.2, 0) is 4.74 Å². The molecule has 13 heavy (non-hydrogen) atoms. The lowest BCUT2D eigenvalue weighted by Gasteiger charge is -2.22. The number of rotatable bonds is 0. The van der Waals surface area contributed by atoms with E-state index < -0.39 is 0 Å². The van der Waals surface area contributed by atoms with Crippen molar-refractivity contribution in [1.29, 1.82) is 0 Å². The van der Waals surface area contributed by atoms with Crippen molar-refractivity contribution in [3.8, 4) is 0 Å². The molecule has 2 aliphatic carbocycles. The average molecular weight is 170 g/mol. The molecular formula is C12H10O. The van der Waals surface area contributed by atoms with Crippen molar-refractivity contribution in [2.24, 2.45) is 0 Å². The van der Waals surface area contributed by atoms with Crippen LogP contribution in [0.25, 0.3) is 0 Å². The number of fused-ring (bicyclic) bond motifs is 2. The largest absolute Gasteiger partial charge is 0.489 e. The van der Waals surface area contributed by atoms with Crippen LogP contribution in [0, 0.1) is 0 Å². The van der Waals surface area contributed by atoms with Gasteiger partial charge in [-0.05, 0) is 23.6 Å². The zero-order valence-electron chi connectivity index (χ0n) is 7.29. The molecule has 1 aliphatic heterocycles. The molecule has 0 spiro atoms. The van der Waals surface area contributed by atoms with Crippen molar-refractivity contribution in [1.82, 2.24) is 0 Å². The summed E-state index contributed by atoms with van der Waals surface area (Å²) in [5, 5.41) is 0. The fraction of sp³-hybridized carbons (Fsp3) is 0.167. The first-order chi connectivity index (χ1) is 6.45. The first-order valence-corrected chi connectivity index (χ1v) is 4.57. The van der Waals surface area contributed by atoms with Gasteiger partial charge in [-0.15, -0.1) is 0 Å². The van der Waals surface area contributed by atoms with E-state index in [4.69, 9.17) is 4.74 Å². The molecular weight excluding hydrogens is 160 g/mol. The van der Waals surface area contributed by atoms with E-state index >= 15 is 0 Å². The monoisotopic (exact) mass is 170 g/mol. The average Bonchev–Trinajstić information content (AvgIpc) is 2.65. The third kappa shape index (κ3) is 0.934. The fourth-order valence-electron chi connectivity index (χ4n) is 1.94. The van der Waals surface area contributed by atoms with Gasteiger partial charge in [0.1, 0.15) is 12.4 Å². The number of hydrogen-bond donors (Lipinski definition) is 0. The van der Waals surface area contributed by atoms with Crippen molar-refractivity contribution in [2.75, 3.05) is 6.61 Å². The molecule has 0 aromatic rings. The third-order valence-electron chi connectivity index (χ3n) is 2.57. The normalized spacial score (nSPS) is 23.4. The molecule has 0 amide bonds. The van der Waals surface area contributed by atoms with E-state index in [-0.39, 0.29) is 0 Å². The lowest BCUT2D eigenvalue weighted by Crippen LogP contribution is -2.08. The Kier molecular flexibility index (Phi) is 1.33. The highest BCUT2D eigenvalue weighted by Gasteiger charge is 2.21. The molecule has 3 aliphatic rings. The summed E-state index contributed by atoms with van der Waals surface area (Å²) in [7, 11) is 0. The topological polar surface area (TPSA) is 9.23 Å². The lowest BCUT2D eigenvalue weighted by atomic mass is 9.93. The maximum Gasteiger partial charge on any atom is 0.131 e. The Balaban J connectivity index is 2.11. The Labute approximate surface area is 77.4 Å². The van der Waals surface area contributed by atoms with Crippen LogP contribution in [0.1, 0.15) is 6.42 Å². The summed E-state index contributed by atoms with van der Waals surface area (Å²) >= 11 is 0. The van der Waals surface area contributed by atoms with Gasteiger partial charge in [-0.2, -0.15) is 0 Å². The van der Waals surface area contributed by atoms with Gasteiger partial charge in [0.2, 0.25) is 0 Å². The number of ether oxygens (including phenoxy) is 1. The maximum absolute atomic E-state index is 5.64. The molecule has 1 heteroatoms. The minimum atomic E-state index is 0.712. The van der Waals surface area contributed by atoms with Gasteiger partial charge in [-0.25, -0.2) is 0 Å². The highest BCUT2D eigenvalue weighted by Crippen LogP contribution is 2.36. The van der Waals surface area contributed by atoms with Gasteiger partial charge in [0.15, 0.2) is 0 Å². The Morgan fingerprint density at radius 1 is 1.23 bits per heavy atom. The molecule has 0 aromatic heterocycles. The summed E-state index contributed by atoms with van der Waals surface area (Å²) in [5.41, 5.74) is 3.88. The van der Waals surface area contributed by atoms with E-state index in [0.29, 0.717) is 6.61 Å². The predicted molar refractivity (Wildman–Crippen MR) is 52.0 cm³/mol. The van der Waals surface area contributed by atoms with Crippen molar-refractivity contribution >= 4 is 0 Å². The van der Waals surface area contributed by atoms with Gasteiger partial charge in [0.05, 0.1) is 0 Å². The van der Waals surface area contributed by atoms with Crippen molar-refractivity contribution in [2.45, 2.75) is 6.42 Å². The summed E-state index contributed by atoms with van der Waals surface area (Å²) in [6.45, 7) is 0.712. The number of hydrogen-bond acceptors (Lipinski definition) is 1. The highest BCUT2D eigenvalue weighted by atomic mass is 16.5. The maximum atomic E-state index is 5.64. The van der Waals surface area contributed by atoms with Gasteiger partial charge >= 0.3 is 0 Å². The zero-order valence-corrected chi connectivity index (χ0v) is 7.29. The molecule has 0 bridgehead atoms. The molecule has 1 heterocycles. The van der Waals surface area contributed by atoms with Crippen LogP contribution >= 0.6 is 0 Å². The molecule has 0 fully saturated rings. The second-order valence-electron chi connectivity index (χ2n) is 3.37. The molecule has 64 valence electrons. The van der Waals surface area contributed by atoms with Gasteiger partial charge in [0, 0.05) is 5.57 Å². The summed E-state index contributed by atoms with van der Waals surface area (Å²) in [6, 6.07) is 0. The van der Waals surface area contributed by atoms with Crippen LogP contribution in [-0.4, -0.2) is 6.61 Å². The van der Waals surface area contributed by atoms with Gasteiger partial charge in [-0.1, -0.05) is 30.4 Å². The first-order valence-electron chi connectivity index (χ1n) is 4.57. The fourth-order valence-corrected chi connectivity index (χ4v) is 1.94. The molecule has 0 N–H and O–H groups in total. The minimum absolute atomic E-state index is 0.712. The molecule has 0 radical (unpaired) electrons. The van der Waals surface area contributed by atoms with E-state index in [1.54, 1.807) is 0 Å². The van der Waals surface area contributed by atoms with Crippen LogP contribution in [0.2, 0.25) is 0 Å². The van der Waals surface area contributed by atoms with Crippen LogP contribution in [0.3, 0.4) is 0 Å². The van der Waals surface area contributed by atoms with Crippen LogP contribution < -0.4 is 0 Å². The molecule has 0 atom stereocenters. The quantitative estimate of drug-likeness (QED) is 0.543. The van der Waals surface area contributed by atoms with E-state index in [9.17, 15) is 0 Å². The second kappa shape index (κ2) is 2.49. The van der Waals surface area contributed by atoms with Crippen LogP contribution in [0.5, 0.6) is 0 Å². The standard InChI is InChI=1S/C12H10O/c1-3-9-6-7-10-4-2-8-13-12(10)11(9)5-1/h1-6H,7-8H2. The Morgan fingerprint density at radius 3 is 3.23 bits per heavy atom. The van der Waals surface area contributed by atoms with Gasteiger partial charge in [0.25, 0.3) is 0 Å². The summed E-state index contributed by atoms with van der Waals surface area (Å²) in [4.78, 5) is 0. The van der Waals surface area contributed by atoms with Crippen molar-refractivity contribution in [3.63, 3.8) is 0 Å². The first kappa shape index (κ1) is 6.96. The minimum Gasteiger partial charge on any atom is -0.489 e. The SMILES string of the molecule is C1=CC2=CCC3=C(OCC=C3)C2=C1. The lowest BCUT2D eigenvalue weighted by molar-refractivity contribution is 0.248. The van der Waals surface area contributed by atoms with Gasteiger partial charge < -0.3 is 4.74 Å². The third-order valence-corrected chi connectivity index (χ3v) is 2.57. The molecule has 0 unspecified atom stereocenters. The summed E-state index contributed by atoms with van der Waals surface area (Å²) in [6.07, 6.45) is 13.8. The predicted octanol–water partition coefficient (Wildman–Crippen LogP) is 2.65. The molecule has 3 rings (SSSR count). The van der Waals surface area contributed by atoms with Crippen molar-refractivity contribution in [3.05, 3.63) is 58.9 Å². The Morgan fingerprint density at radius 2 is 2.23 bits per heavy atom. The van der Waals surface area contributed by atoms with E-state index in [1.807, 2.05) is 0 Å². The zero-order chi connectivity index (χ0) is 8.67. The summed E-state index contributed by atoms with van der Waals surface area (Å²) < 4.78 is 5.64. The van der Waals surface area contributed by atoms with Gasteiger partial charge in [-0.3, -0.25) is 0 Å². The Hall–Kier alpha value is -1.50. The second-order valence-corrected chi connectivity index (χ2v) is 3.37. The summed E-state index contributed by atoms with van der Waals surface area (Å²) in [5.74, 6) is 1.09. The molecule has 1 nitrogen and oxygen atoms in total. The van der Waals surface area contributed by atoms with Crippen LogP contribution in [0.4, 0.5) is 0 Å². The van der Waals surface area contributed by atoms with Crippen molar-refractivity contribution < 1.29 is 4.74 Å². The van der Waals surface area contributed by atoms with E-state index in [2.05, 4.69) is 36.5 Å². The Bertz CT molecular complexity index is 403. The van der Waals surface area contributed by atoms with E-state index in [1.165, 1.54) is 16.7 Å². The highest BCUT2D eigenvalue weighted by molar-refractivity contribution is 5.61. The van der Waals surface area contributed by atoms with E-state index in [0.717, 1.165) is 12.2 Å². The smallest absolute Gasteiger partial charge is 0.131 e. The number of allylic oxidation sites excluding steroid dienone is 7. The molecule has 0 saturated heterocycles.